The van der Waals surface area contributed by atoms with E-state index in [2.05, 4.69) is 57.9 Å². The first-order valence-corrected chi connectivity index (χ1v) is 13.8. The maximum atomic E-state index is 13.6. The van der Waals surface area contributed by atoms with Gasteiger partial charge in [0, 0.05) is 56.1 Å². The first-order valence-electron chi connectivity index (χ1n) is 13.0. The minimum Gasteiger partial charge on any atom is -0.343 e. The highest BCUT2D eigenvalue weighted by Gasteiger charge is 2.29. The summed E-state index contributed by atoms with van der Waals surface area (Å²) >= 11 is 3.83. The van der Waals surface area contributed by atoms with Crippen molar-refractivity contribution in [2.75, 3.05) is 0 Å². The number of nitrogens with zero attached hydrogens (tertiary/aromatic N) is 2. The predicted molar refractivity (Wildman–Crippen MR) is 166 cm³/mol. The predicted octanol–water partition coefficient (Wildman–Crippen LogP) is 8.75. The number of halogens is 1. The van der Waals surface area contributed by atoms with E-state index in [1.54, 1.807) is 0 Å². The van der Waals surface area contributed by atoms with E-state index in [0.29, 0.717) is 12.0 Å². The maximum Gasteiger partial charge on any atom is 0.242 e. The van der Waals surface area contributed by atoms with Gasteiger partial charge in [-0.05, 0) is 35.4 Å². The maximum absolute atomic E-state index is 13.6. The van der Waals surface area contributed by atoms with Gasteiger partial charge in [-0.3, -0.25) is 9.59 Å². The van der Waals surface area contributed by atoms with Gasteiger partial charge in [-0.2, -0.15) is 0 Å². The van der Waals surface area contributed by atoms with Gasteiger partial charge in [-0.1, -0.05) is 101 Å². The van der Waals surface area contributed by atoms with Crippen LogP contribution in [0.4, 0.5) is 0 Å². The van der Waals surface area contributed by atoms with Crippen molar-refractivity contribution in [2.45, 2.75) is 0 Å². The van der Waals surface area contributed by atoms with Crippen molar-refractivity contribution in [1.82, 2.24) is 9.13 Å². The quantitative estimate of drug-likeness (QED) is 0.116. The Morgan fingerprint density at radius 1 is 0.700 bits per heavy atom. The summed E-state index contributed by atoms with van der Waals surface area (Å²) in [6, 6.07) is 36.4. The third kappa shape index (κ3) is 3.51. The number of carbonyl (C=O) groups excluding carboxylic acids is 2. The summed E-state index contributed by atoms with van der Waals surface area (Å²) in [5.74, 6) is -0.561. The lowest BCUT2D eigenvalue weighted by atomic mass is 9.87. The lowest BCUT2D eigenvalue weighted by molar-refractivity contribution is -0.104. The Hall–Kier alpha value is -4.74. The fourth-order valence-electron chi connectivity index (χ4n) is 6.06. The van der Waals surface area contributed by atoms with Crippen molar-refractivity contribution in [3.05, 3.63) is 126 Å². The molecule has 4 nitrogen and oxygen atoms in total. The van der Waals surface area contributed by atoms with E-state index in [0.717, 1.165) is 65.0 Å². The number of aromatic nitrogens is 2. The normalized spacial score (nSPS) is 11.4. The third-order valence-corrected chi connectivity index (χ3v) is 8.35. The number of fused-ring (bicyclic) bond motifs is 5. The van der Waals surface area contributed by atoms with Gasteiger partial charge in [0.2, 0.25) is 5.78 Å². The Kier molecular flexibility index (Phi) is 5.76. The van der Waals surface area contributed by atoms with Crippen LogP contribution in [0.1, 0.15) is 10.5 Å². The van der Waals surface area contributed by atoms with Crippen LogP contribution in [-0.4, -0.2) is 21.2 Å². The molecule has 0 atom stereocenters. The van der Waals surface area contributed by atoms with E-state index >= 15 is 0 Å². The summed E-state index contributed by atoms with van der Waals surface area (Å²) in [5, 5.41) is 3.78. The molecular weight excluding hydrogens is 560 g/mol. The molecule has 40 heavy (non-hydrogen) atoms. The first kappa shape index (κ1) is 24.3. The van der Waals surface area contributed by atoms with Crippen molar-refractivity contribution < 1.29 is 9.59 Å². The highest BCUT2D eigenvalue weighted by molar-refractivity contribution is 9.10. The Balaban J connectivity index is 1.86. The van der Waals surface area contributed by atoms with Gasteiger partial charge in [0.25, 0.3) is 0 Å². The van der Waals surface area contributed by atoms with E-state index < -0.39 is 5.78 Å². The topological polar surface area (TPSA) is 44.0 Å². The van der Waals surface area contributed by atoms with Crippen molar-refractivity contribution in [1.29, 1.82) is 0 Å². The number of hydrogen-bond donors (Lipinski definition) is 0. The Labute approximate surface area is 239 Å². The molecule has 0 spiro atoms. The highest BCUT2D eigenvalue weighted by atomic mass is 79.9. The number of carbonyl (C=O) groups is 2. The van der Waals surface area contributed by atoms with Crippen LogP contribution in [-0.2, 0) is 11.8 Å². The fourth-order valence-corrected chi connectivity index (χ4v) is 6.62. The van der Waals surface area contributed by atoms with Crippen LogP contribution < -0.4 is 0 Å². The van der Waals surface area contributed by atoms with Crippen LogP contribution in [0.3, 0.4) is 0 Å². The SMILES string of the molecule is Cn1c2cccc(Br)c2c2c3cn(-c4ccccc4)c(C(=O)C=O)c3c(-c3ccccc3)c(-c3ccccc3)c21. The molecular formula is C35H23BrN2O2. The zero-order valence-electron chi connectivity index (χ0n) is 21.6. The van der Waals surface area contributed by atoms with E-state index in [4.69, 9.17) is 0 Å². The number of aldehydes is 1. The lowest BCUT2D eigenvalue weighted by Crippen LogP contribution is -2.09. The summed E-state index contributed by atoms with van der Waals surface area (Å²) in [6.45, 7) is 0. The van der Waals surface area contributed by atoms with Crippen LogP contribution >= 0.6 is 15.9 Å². The summed E-state index contributed by atoms with van der Waals surface area (Å²) < 4.78 is 5.08. The molecule has 0 aliphatic carbocycles. The molecule has 0 fully saturated rings. The molecule has 5 aromatic carbocycles. The standard InChI is InChI=1S/C35H23BrN2O2/c1-37-27-19-11-18-26(36)33(27)32-25-20-38(24-16-9-4-10-17-24)34(28(40)21-39)31(25)29(22-12-5-2-6-13-22)30(35(32)37)23-14-7-3-8-15-23/h2-21H,1H3. The fraction of sp³-hybridized carbons (Fsp3) is 0.0286. The third-order valence-electron chi connectivity index (χ3n) is 7.69. The van der Waals surface area contributed by atoms with Gasteiger partial charge in [0.1, 0.15) is 5.69 Å². The zero-order chi connectivity index (χ0) is 27.4. The second-order valence-electron chi connectivity index (χ2n) is 9.85. The van der Waals surface area contributed by atoms with Crippen molar-refractivity contribution in [2.24, 2.45) is 7.05 Å². The minimum atomic E-state index is -0.561. The molecule has 0 saturated heterocycles. The molecule has 0 amide bonds. The molecule has 0 aliphatic heterocycles. The van der Waals surface area contributed by atoms with Crippen molar-refractivity contribution >= 4 is 60.6 Å². The largest absolute Gasteiger partial charge is 0.343 e. The van der Waals surface area contributed by atoms with Gasteiger partial charge >= 0.3 is 0 Å². The number of Topliss-reactive ketones (excluding diaryl/α,β-unsaturated/α-hetero) is 1. The van der Waals surface area contributed by atoms with Crippen molar-refractivity contribution in [3.8, 4) is 27.9 Å². The number of ketones is 1. The molecule has 0 saturated carbocycles. The summed E-state index contributed by atoms with van der Waals surface area (Å²) in [6.07, 6.45) is 2.44. The number of para-hydroxylation sites is 1. The van der Waals surface area contributed by atoms with E-state index in [9.17, 15) is 9.59 Å². The van der Waals surface area contributed by atoms with E-state index in [1.165, 1.54) is 0 Å². The van der Waals surface area contributed by atoms with Crippen LogP contribution in [0.5, 0.6) is 0 Å². The number of hydrogen-bond acceptors (Lipinski definition) is 2. The summed E-state index contributed by atoms with van der Waals surface area (Å²) in [4.78, 5) is 25.8. The van der Waals surface area contributed by atoms with E-state index in [1.807, 2.05) is 89.6 Å². The van der Waals surface area contributed by atoms with Gasteiger partial charge in [-0.25, -0.2) is 0 Å². The second kappa shape index (κ2) is 9.47. The lowest BCUT2D eigenvalue weighted by Gasteiger charge is -2.17. The minimum absolute atomic E-state index is 0.359. The molecule has 192 valence electrons. The molecule has 7 aromatic rings. The number of benzene rings is 5. The van der Waals surface area contributed by atoms with Gasteiger partial charge in [0.05, 0.1) is 11.0 Å². The number of aryl methyl sites for hydroxylation is 1. The molecule has 5 heteroatoms. The smallest absolute Gasteiger partial charge is 0.242 e. The second-order valence-corrected chi connectivity index (χ2v) is 10.7. The van der Waals surface area contributed by atoms with Gasteiger partial charge < -0.3 is 9.13 Å². The van der Waals surface area contributed by atoms with Crippen LogP contribution in [0, 0.1) is 0 Å². The van der Waals surface area contributed by atoms with Crippen LogP contribution in [0.15, 0.2) is 120 Å². The first-order chi connectivity index (χ1) is 19.6. The molecule has 0 unspecified atom stereocenters. The molecule has 0 aliphatic rings. The van der Waals surface area contributed by atoms with Gasteiger partial charge in [0.15, 0.2) is 6.29 Å². The molecule has 2 aromatic heterocycles. The average molecular weight is 583 g/mol. The molecule has 0 radical (unpaired) electrons. The van der Waals surface area contributed by atoms with Crippen molar-refractivity contribution in [3.63, 3.8) is 0 Å². The number of rotatable bonds is 5. The summed E-state index contributed by atoms with van der Waals surface area (Å²) in [7, 11) is 2.09. The summed E-state index contributed by atoms with van der Waals surface area (Å²) in [5.41, 5.74) is 7.27. The molecule has 7 rings (SSSR count). The molecule has 0 bridgehead atoms. The molecule has 2 heterocycles. The monoisotopic (exact) mass is 582 g/mol. The average Bonchev–Trinajstić information content (AvgIpc) is 3.54. The molecule has 0 N–H and O–H groups in total. The Morgan fingerprint density at radius 3 is 1.93 bits per heavy atom. The Morgan fingerprint density at radius 2 is 1.30 bits per heavy atom. The van der Waals surface area contributed by atoms with Crippen LogP contribution in [0.25, 0.3) is 60.5 Å². The van der Waals surface area contributed by atoms with Gasteiger partial charge in [-0.15, -0.1) is 0 Å². The highest BCUT2D eigenvalue weighted by Crippen LogP contribution is 2.50. The zero-order valence-corrected chi connectivity index (χ0v) is 23.2. The Bertz CT molecular complexity index is 2090. The van der Waals surface area contributed by atoms with Crippen LogP contribution in [0.2, 0.25) is 0 Å². The van der Waals surface area contributed by atoms with E-state index in [-0.39, 0.29) is 0 Å².